The smallest absolute Gasteiger partial charge is 0.253 e. The minimum atomic E-state index is -0.0834. The van der Waals surface area contributed by atoms with Gasteiger partial charge < -0.3 is 24.3 Å². The predicted octanol–water partition coefficient (Wildman–Crippen LogP) is 2.45. The van der Waals surface area contributed by atoms with Crippen molar-refractivity contribution >= 4 is 16.9 Å². The van der Waals surface area contributed by atoms with Crippen LogP contribution in [0.1, 0.15) is 36.0 Å². The average molecular weight is 383 g/mol. The SMILES string of the molecule is COCCOC1CCC(NC(=O)c2cc(-n3ccnc3)cc3nc[nH]c23)CC1. The summed E-state index contributed by atoms with van der Waals surface area (Å²) in [5.41, 5.74) is 2.96. The highest BCUT2D eigenvalue weighted by molar-refractivity contribution is 6.05. The van der Waals surface area contributed by atoms with Gasteiger partial charge in [-0.15, -0.1) is 0 Å². The Bertz CT molecular complexity index is 913. The molecular weight excluding hydrogens is 358 g/mol. The van der Waals surface area contributed by atoms with E-state index in [1.165, 1.54) is 0 Å². The number of fused-ring (bicyclic) bond motifs is 1. The summed E-state index contributed by atoms with van der Waals surface area (Å²) >= 11 is 0. The van der Waals surface area contributed by atoms with E-state index < -0.39 is 0 Å². The van der Waals surface area contributed by atoms with Crippen molar-refractivity contribution < 1.29 is 14.3 Å². The molecule has 28 heavy (non-hydrogen) atoms. The summed E-state index contributed by atoms with van der Waals surface area (Å²) in [6, 6.07) is 3.97. The highest BCUT2D eigenvalue weighted by atomic mass is 16.5. The molecule has 0 unspecified atom stereocenters. The van der Waals surface area contributed by atoms with Crippen LogP contribution in [0.25, 0.3) is 16.7 Å². The fourth-order valence-electron chi connectivity index (χ4n) is 3.71. The molecule has 3 aromatic rings. The summed E-state index contributed by atoms with van der Waals surface area (Å²) < 4.78 is 12.7. The normalized spacial score (nSPS) is 19.8. The van der Waals surface area contributed by atoms with Crippen LogP contribution in [0.3, 0.4) is 0 Å². The molecule has 8 nitrogen and oxygen atoms in total. The molecule has 1 aromatic carbocycles. The molecule has 0 bridgehead atoms. The van der Waals surface area contributed by atoms with Crippen LogP contribution < -0.4 is 5.32 Å². The Balaban J connectivity index is 1.44. The topological polar surface area (TPSA) is 94.1 Å². The van der Waals surface area contributed by atoms with Gasteiger partial charge in [-0.3, -0.25) is 4.79 Å². The van der Waals surface area contributed by atoms with Crippen molar-refractivity contribution in [1.82, 2.24) is 24.8 Å². The number of methoxy groups -OCH3 is 1. The molecule has 4 rings (SSSR count). The zero-order chi connectivity index (χ0) is 19.3. The van der Waals surface area contributed by atoms with Gasteiger partial charge in [-0.25, -0.2) is 9.97 Å². The Hall–Kier alpha value is -2.71. The number of H-pyrrole nitrogens is 1. The Morgan fingerprint density at radius 3 is 2.89 bits per heavy atom. The number of nitrogens with zero attached hydrogens (tertiary/aromatic N) is 3. The molecular formula is C20H25N5O3. The second-order valence-electron chi connectivity index (χ2n) is 7.07. The third-order valence-corrected chi connectivity index (χ3v) is 5.21. The molecule has 1 fully saturated rings. The number of hydrogen-bond acceptors (Lipinski definition) is 5. The maximum absolute atomic E-state index is 13.0. The van der Waals surface area contributed by atoms with E-state index in [-0.39, 0.29) is 18.1 Å². The van der Waals surface area contributed by atoms with Gasteiger partial charge in [0.2, 0.25) is 0 Å². The van der Waals surface area contributed by atoms with Gasteiger partial charge in [0.1, 0.15) is 0 Å². The van der Waals surface area contributed by atoms with Crippen LogP contribution in [0.5, 0.6) is 0 Å². The molecule has 1 aliphatic rings. The van der Waals surface area contributed by atoms with E-state index in [2.05, 4.69) is 20.3 Å². The number of aromatic amines is 1. The van der Waals surface area contributed by atoms with Crippen LogP contribution in [0.2, 0.25) is 0 Å². The highest BCUT2D eigenvalue weighted by Gasteiger charge is 2.24. The van der Waals surface area contributed by atoms with Gasteiger partial charge in [0.15, 0.2) is 0 Å². The Morgan fingerprint density at radius 1 is 1.29 bits per heavy atom. The molecule has 0 atom stereocenters. The fourth-order valence-corrected chi connectivity index (χ4v) is 3.71. The standard InChI is InChI=1S/C20H25N5O3/c1-27-8-9-28-16-4-2-14(3-5-16)24-20(26)17-10-15(25-7-6-21-13-25)11-18-19(17)23-12-22-18/h6-7,10-14,16H,2-5,8-9H2,1H3,(H,22,23)(H,24,26). The summed E-state index contributed by atoms with van der Waals surface area (Å²) in [4.78, 5) is 24.5. The molecule has 1 amide bonds. The van der Waals surface area contributed by atoms with E-state index in [9.17, 15) is 4.79 Å². The molecule has 0 aliphatic heterocycles. The molecule has 2 aromatic heterocycles. The lowest BCUT2D eigenvalue weighted by molar-refractivity contribution is -0.00408. The summed E-state index contributed by atoms with van der Waals surface area (Å²) in [5.74, 6) is -0.0834. The first-order valence-corrected chi connectivity index (χ1v) is 9.61. The summed E-state index contributed by atoms with van der Waals surface area (Å²) in [6.45, 7) is 1.24. The van der Waals surface area contributed by atoms with Gasteiger partial charge >= 0.3 is 0 Å². The van der Waals surface area contributed by atoms with Crippen LogP contribution >= 0.6 is 0 Å². The number of nitrogens with one attached hydrogen (secondary N) is 2. The number of carbonyl (C=O) groups is 1. The first kappa shape index (κ1) is 18.6. The Kier molecular flexibility index (Phi) is 5.68. The lowest BCUT2D eigenvalue weighted by Crippen LogP contribution is -2.39. The van der Waals surface area contributed by atoms with E-state index in [1.54, 1.807) is 26.0 Å². The van der Waals surface area contributed by atoms with Crippen LogP contribution in [0, 0.1) is 0 Å². The van der Waals surface area contributed by atoms with Crippen LogP contribution in [0.15, 0.2) is 37.2 Å². The molecule has 8 heteroatoms. The number of carbonyl (C=O) groups excluding carboxylic acids is 1. The monoisotopic (exact) mass is 383 g/mol. The fraction of sp³-hybridized carbons (Fsp3) is 0.450. The number of amides is 1. The van der Waals surface area contributed by atoms with Crippen molar-refractivity contribution in [3.05, 3.63) is 42.7 Å². The quantitative estimate of drug-likeness (QED) is 0.611. The number of imidazole rings is 2. The highest BCUT2D eigenvalue weighted by Crippen LogP contribution is 2.24. The van der Waals surface area contributed by atoms with Gasteiger partial charge in [0.05, 0.1) is 48.6 Å². The Labute approximate surface area is 163 Å². The van der Waals surface area contributed by atoms with Crippen LogP contribution in [0.4, 0.5) is 0 Å². The lowest BCUT2D eigenvalue weighted by atomic mass is 9.92. The van der Waals surface area contributed by atoms with Crippen LogP contribution in [-0.2, 0) is 9.47 Å². The van der Waals surface area contributed by atoms with E-state index in [0.717, 1.165) is 42.4 Å². The van der Waals surface area contributed by atoms with Crippen molar-refractivity contribution in [3.8, 4) is 5.69 Å². The first-order chi connectivity index (χ1) is 13.7. The summed E-state index contributed by atoms with van der Waals surface area (Å²) in [7, 11) is 1.67. The minimum absolute atomic E-state index is 0.0834. The number of aromatic nitrogens is 4. The molecule has 1 saturated carbocycles. The molecule has 0 spiro atoms. The van der Waals surface area contributed by atoms with Crippen LogP contribution in [-0.4, -0.2) is 57.9 Å². The maximum atomic E-state index is 13.0. The van der Waals surface area contributed by atoms with Gasteiger partial charge in [0, 0.05) is 31.2 Å². The van der Waals surface area contributed by atoms with Gasteiger partial charge in [-0.1, -0.05) is 0 Å². The van der Waals surface area contributed by atoms with Crippen molar-refractivity contribution in [1.29, 1.82) is 0 Å². The number of rotatable bonds is 7. The maximum Gasteiger partial charge on any atom is 0.253 e. The van der Waals surface area contributed by atoms with Gasteiger partial charge in [0.25, 0.3) is 5.91 Å². The molecule has 2 N–H and O–H groups in total. The van der Waals surface area contributed by atoms with Crippen molar-refractivity contribution in [3.63, 3.8) is 0 Å². The third kappa shape index (κ3) is 4.07. The largest absolute Gasteiger partial charge is 0.382 e. The second kappa shape index (κ2) is 8.53. The lowest BCUT2D eigenvalue weighted by Gasteiger charge is -2.29. The molecule has 1 aliphatic carbocycles. The zero-order valence-corrected chi connectivity index (χ0v) is 15.9. The van der Waals surface area contributed by atoms with E-state index in [1.807, 2.05) is 22.9 Å². The molecule has 0 saturated heterocycles. The molecule has 0 radical (unpaired) electrons. The third-order valence-electron chi connectivity index (χ3n) is 5.21. The molecule has 148 valence electrons. The summed E-state index contributed by atoms with van der Waals surface area (Å²) in [5, 5.41) is 3.19. The minimum Gasteiger partial charge on any atom is -0.382 e. The van der Waals surface area contributed by atoms with Gasteiger partial charge in [-0.2, -0.15) is 0 Å². The number of benzene rings is 1. The van der Waals surface area contributed by atoms with Crippen molar-refractivity contribution in [2.24, 2.45) is 0 Å². The predicted molar refractivity (Wildman–Crippen MR) is 105 cm³/mol. The summed E-state index contributed by atoms with van der Waals surface area (Å²) in [6.07, 6.45) is 10.9. The van der Waals surface area contributed by atoms with E-state index in [0.29, 0.717) is 18.8 Å². The number of hydrogen-bond donors (Lipinski definition) is 2. The van der Waals surface area contributed by atoms with Crippen molar-refractivity contribution in [2.45, 2.75) is 37.8 Å². The Morgan fingerprint density at radius 2 is 2.14 bits per heavy atom. The van der Waals surface area contributed by atoms with Crippen molar-refractivity contribution in [2.75, 3.05) is 20.3 Å². The zero-order valence-electron chi connectivity index (χ0n) is 15.9. The van der Waals surface area contributed by atoms with Gasteiger partial charge in [-0.05, 0) is 37.8 Å². The van der Waals surface area contributed by atoms with E-state index >= 15 is 0 Å². The molecule has 2 heterocycles. The average Bonchev–Trinajstić information content (AvgIpc) is 3.40. The first-order valence-electron chi connectivity index (χ1n) is 9.61. The second-order valence-corrected chi connectivity index (χ2v) is 7.07. The van der Waals surface area contributed by atoms with E-state index in [4.69, 9.17) is 9.47 Å². The number of ether oxygens (including phenoxy) is 2.